The van der Waals surface area contributed by atoms with Crippen molar-refractivity contribution in [1.82, 2.24) is 9.55 Å². The van der Waals surface area contributed by atoms with Gasteiger partial charge in [0.2, 0.25) is 0 Å². The summed E-state index contributed by atoms with van der Waals surface area (Å²) in [5, 5.41) is 0.767. The van der Waals surface area contributed by atoms with Crippen LogP contribution in [0.2, 0.25) is 5.02 Å². The van der Waals surface area contributed by atoms with Crippen molar-refractivity contribution in [2.24, 2.45) is 5.41 Å². The Hall–Kier alpha value is -1.28. The van der Waals surface area contributed by atoms with E-state index in [-0.39, 0.29) is 5.41 Å². The molecule has 2 nitrogen and oxygen atoms in total. The molecule has 1 heterocycles. The minimum atomic E-state index is 0.219. The highest BCUT2D eigenvalue weighted by atomic mass is 35.5. The van der Waals surface area contributed by atoms with Crippen LogP contribution in [0.15, 0.2) is 36.8 Å². The van der Waals surface area contributed by atoms with Gasteiger partial charge in [0.05, 0.1) is 18.2 Å². The van der Waals surface area contributed by atoms with Crippen molar-refractivity contribution >= 4 is 11.6 Å². The van der Waals surface area contributed by atoms with Crippen molar-refractivity contribution in [2.45, 2.75) is 27.3 Å². The first-order valence-corrected chi connectivity index (χ1v) is 6.10. The molecule has 3 heteroatoms. The maximum absolute atomic E-state index is 6.22. The Morgan fingerprint density at radius 3 is 2.59 bits per heavy atom. The molecule has 0 amide bonds. The second-order valence-corrected chi connectivity index (χ2v) is 5.85. The zero-order valence-corrected chi connectivity index (χ0v) is 11.2. The Morgan fingerprint density at radius 2 is 1.94 bits per heavy atom. The molecule has 90 valence electrons. The molecule has 0 atom stereocenters. The predicted octanol–water partition coefficient (Wildman–Crippen LogP) is 4.25. The lowest BCUT2D eigenvalue weighted by atomic mass is 9.96. The summed E-state index contributed by atoms with van der Waals surface area (Å²) in [6.45, 7) is 7.56. The maximum Gasteiger partial charge on any atom is 0.0951 e. The highest BCUT2D eigenvalue weighted by Gasteiger charge is 2.15. The van der Waals surface area contributed by atoms with Crippen LogP contribution in [-0.2, 0) is 6.54 Å². The van der Waals surface area contributed by atoms with E-state index in [1.165, 1.54) is 0 Å². The highest BCUT2D eigenvalue weighted by molar-refractivity contribution is 6.33. The average Bonchev–Trinajstić information content (AvgIpc) is 2.64. The molecule has 0 saturated heterocycles. The third-order valence-electron chi connectivity index (χ3n) is 2.51. The highest BCUT2D eigenvalue weighted by Crippen LogP contribution is 2.29. The molecule has 1 aromatic carbocycles. The Kier molecular flexibility index (Phi) is 3.25. The van der Waals surface area contributed by atoms with Crippen LogP contribution in [0.25, 0.3) is 11.3 Å². The molecule has 17 heavy (non-hydrogen) atoms. The average molecular weight is 249 g/mol. The van der Waals surface area contributed by atoms with Gasteiger partial charge in [0.25, 0.3) is 0 Å². The molecule has 0 aliphatic heterocycles. The van der Waals surface area contributed by atoms with E-state index in [0.29, 0.717) is 0 Å². The van der Waals surface area contributed by atoms with Crippen molar-refractivity contribution < 1.29 is 0 Å². The minimum Gasteiger partial charge on any atom is -0.330 e. The topological polar surface area (TPSA) is 17.8 Å². The van der Waals surface area contributed by atoms with Crippen molar-refractivity contribution in [3.05, 3.63) is 41.8 Å². The Morgan fingerprint density at radius 1 is 1.24 bits per heavy atom. The van der Waals surface area contributed by atoms with Crippen molar-refractivity contribution in [2.75, 3.05) is 0 Å². The van der Waals surface area contributed by atoms with Crippen LogP contribution in [0, 0.1) is 5.41 Å². The SMILES string of the molecule is CC(C)(C)Cn1cncc1-c1ccccc1Cl. The van der Waals surface area contributed by atoms with Gasteiger partial charge in [-0.25, -0.2) is 4.98 Å². The molecule has 0 aliphatic carbocycles. The Balaban J connectivity index is 2.41. The van der Waals surface area contributed by atoms with Crippen LogP contribution in [0.4, 0.5) is 0 Å². The number of aromatic nitrogens is 2. The first-order valence-electron chi connectivity index (χ1n) is 5.72. The van der Waals surface area contributed by atoms with Crippen molar-refractivity contribution in [3.63, 3.8) is 0 Å². The Bertz CT molecular complexity index is 509. The number of nitrogens with zero attached hydrogens (tertiary/aromatic N) is 2. The van der Waals surface area contributed by atoms with E-state index in [9.17, 15) is 0 Å². The molecular formula is C14H17ClN2. The third kappa shape index (κ3) is 2.89. The van der Waals surface area contributed by atoms with Crippen LogP contribution in [0.5, 0.6) is 0 Å². The number of hydrogen-bond acceptors (Lipinski definition) is 1. The first-order chi connectivity index (χ1) is 7.97. The molecule has 0 radical (unpaired) electrons. The molecule has 0 unspecified atom stereocenters. The van der Waals surface area contributed by atoms with Crippen LogP contribution >= 0.6 is 11.6 Å². The predicted molar refractivity (Wildman–Crippen MR) is 72.1 cm³/mol. The number of rotatable bonds is 2. The Labute approximate surface area is 107 Å². The summed E-state index contributed by atoms with van der Waals surface area (Å²) in [4.78, 5) is 4.23. The lowest BCUT2D eigenvalue weighted by Crippen LogP contribution is -2.15. The standard InChI is InChI=1S/C14H17ClN2/c1-14(2,3)9-17-10-16-8-13(17)11-6-4-5-7-12(11)15/h4-8,10H,9H2,1-3H3. The van der Waals surface area contributed by atoms with Crippen molar-refractivity contribution in [1.29, 1.82) is 0 Å². The van der Waals surface area contributed by atoms with E-state index in [2.05, 4.69) is 30.3 Å². The van der Waals surface area contributed by atoms with E-state index in [1.807, 2.05) is 36.8 Å². The summed E-state index contributed by atoms with van der Waals surface area (Å²) in [6, 6.07) is 7.87. The van der Waals surface area contributed by atoms with Gasteiger partial charge in [0.15, 0.2) is 0 Å². The summed E-state index contributed by atoms with van der Waals surface area (Å²) < 4.78 is 2.15. The zero-order chi connectivity index (χ0) is 12.5. The molecule has 0 aliphatic rings. The lowest BCUT2D eigenvalue weighted by molar-refractivity contribution is 0.345. The van der Waals surface area contributed by atoms with Crippen molar-refractivity contribution in [3.8, 4) is 11.3 Å². The fourth-order valence-corrected chi connectivity index (χ4v) is 2.08. The molecule has 2 rings (SSSR count). The lowest BCUT2D eigenvalue weighted by Gasteiger charge is -2.20. The van der Waals surface area contributed by atoms with Gasteiger partial charge in [-0.3, -0.25) is 0 Å². The number of halogens is 1. The molecule has 1 aromatic heterocycles. The second kappa shape index (κ2) is 4.53. The molecule has 0 spiro atoms. The molecule has 0 N–H and O–H groups in total. The van der Waals surface area contributed by atoms with Gasteiger partial charge in [-0.05, 0) is 11.5 Å². The number of benzene rings is 1. The second-order valence-electron chi connectivity index (χ2n) is 5.45. The third-order valence-corrected chi connectivity index (χ3v) is 2.84. The van der Waals surface area contributed by atoms with Gasteiger partial charge in [-0.15, -0.1) is 0 Å². The van der Waals surface area contributed by atoms with Crippen LogP contribution in [0.1, 0.15) is 20.8 Å². The van der Waals surface area contributed by atoms with Gasteiger partial charge < -0.3 is 4.57 Å². The summed E-state index contributed by atoms with van der Waals surface area (Å²) in [5.41, 5.74) is 2.33. The number of imidazole rings is 1. The van der Waals surface area contributed by atoms with Gasteiger partial charge >= 0.3 is 0 Å². The van der Waals surface area contributed by atoms with E-state index in [4.69, 9.17) is 11.6 Å². The summed E-state index contributed by atoms with van der Waals surface area (Å²) in [6.07, 6.45) is 3.73. The maximum atomic E-state index is 6.22. The van der Waals surface area contributed by atoms with Gasteiger partial charge in [0, 0.05) is 17.1 Å². The van der Waals surface area contributed by atoms with E-state index in [1.54, 1.807) is 0 Å². The smallest absolute Gasteiger partial charge is 0.0951 e. The molecule has 0 saturated carbocycles. The fraction of sp³-hybridized carbons (Fsp3) is 0.357. The van der Waals surface area contributed by atoms with Crippen LogP contribution in [-0.4, -0.2) is 9.55 Å². The molecular weight excluding hydrogens is 232 g/mol. The quantitative estimate of drug-likeness (QED) is 0.777. The normalized spacial score (nSPS) is 11.8. The molecule has 2 aromatic rings. The van der Waals surface area contributed by atoms with Gasteiger partial charge in [0.1, 0.15) is 0 Å². The van der Waals surface area contributed by atoms with E-state index in [0.717, 1.165) is 22.8 Å². The van der Waals surface area contributed by atoms with Crippen LogP contribution < -0.4 is 0 Å². The summed E-state index contributed by atoms with van der Waals surface area (Å²) in [5.74, 6) is 0. The molecule has 0 fully saturated rings. The summed E-state index contributed by atoms with van der Waals surface area (Å²) >= 11 is 6.22. The number of hydrogen-bond donors (Lipinski definition) is 0. The molecule has 0 bridgehead atoms. The first kappa shape index (κ1) is 12.2. The summed E-state index contributed by atoms with van der Waals surface area (Å²) in [7, 11) is 0. The van der Waals surface area contributed by atoms with Crippen LogP contribution in [0.3, 0.4) is 0 Å². The minimum absolute atomic E-state index is 0.219. The fourth-order valence-electron chi connectivity index (χ4n) is 1.85. The monoisotopic (exact) mass is 248 g/mol. The largest absolute Gasteiger partial charge is 0.330 e. The van der Waals surface area contributed by atoms with E-state index < -0.39 is 0 Å². The van der Waals surface area contributed by atoms with Gasteiger partial charge in [-0.2, -0.15) is 0 Å². The van der Waals surface area contributed by atoms with E-state index >= 15 is 0 Å². The zero-order valence-electron chi connectivity index (χ0n) is 10.4. The van der Waals surface area contributed by atoms with Gasteiger partial charge in [-0.1, -0.05) is 50.6 Å².